The van der Waals surface area contributed by atoms with Gasteiger partial charge < -0.3 is 9.42 Å². The zero-order valence-electron chi connectivity index (χ0n) is 12.9. The Morgan fingerprint density at radius 2 is 1.87 bits per heavy atom. The van der Waals surface area contributed by atoms with E-state index in [1.165, 1.54) is 4.31 Å². The summed E-state index contributed by atoms with van der Waals surface area (Å²) in [5.41, 5.74) is 0.402. The van der Waals surface area contributed by atoms with Crippen LogP contribution in [0.2, 0.25) is 0 Å². The van der Waals surface area contributed by atoms with Gasteiger partial charge in [0.25, 0.3) is 0 Å². The highest BCUT2D eigenvalue weighted by atomic mass is 79.9. The van der Waals surface area contributed by atoms with Crippen LogP contribution in [-0.4, -0.2) is 49.0 Å². The van der Waals surface area contributed by atoms with E-state index in [0.717, 1.165) is 10.3 Å². The standard InChI is InChI=1S/C14H17BrN4O3S/c1-10-14(11(2)22-17-10)23(20,21)19-7-5-18(6-8-19)13-4-3-12(15)9-16-13/h3-4,9H,5-8H2,1-2H3. The number of anilines is 1. The van der Waals surface area contributed by atoms with Gasteiger partial charge in [-0.3, -0.25) is 0 Å². The molecule has 1 aliphatic heterocycles. The summed E-state index contributed by atoms with van der Waals surface area (Å²) in [6, 6.07) is 3.85. The molecule has 3 rings (SSSR count). The van der Waals surface area contributed by atoms with Gasteiger partial charge in [0.1, 0.15) is 16.4 Å². The molecule has 1 fully saturated rings. The van der Waals surface area contributed by atoms with Crippen LogP contribution in [0.4, 0.5) is 5.82 Å². The van der Waals surface area contributed by atoms with Gasteiger partial charge in [-0.1, -0.05) is 5.16 Å². The van der Waals surface area contributed by atoms with E-state index in [9.17, 15) is 8.42 Å². The first-order valence-electron chi connectivity index (χ1n) is 7.19. The van der Waals surface area contributed by atoms with Gasteiger partial charge in [0.05, 0.1) is 0 Å². The fraction of sp³-hybridized carbons (Fsp3) is 0.429. The third kappa shape index (κ3) is 3.13. The number of aromatic nitrogens is 2. The summed E-state index contributed by atoms with van der Waals surface area (Å²) >= 11 is 3.36. The predicted octanol–water partition coefficient (Wildman–Crippen LogP) is 1.96. The van der Waals surface area contributed by atoms with Crippen LogP contribution >= 0.6 is 15.9 Å². The first kappa shape index (κ1) is 16.4. The molecule has 0 atom stereocenters. The first-order valence-corrected chi connectivity index (χ1v) is 9.42. The second-order valence-corrected chi connectivity index (χ2v) is 8.17. The average Bonchev–Trinajstić information content (AvgIpc) is 2.88. The highest BCUT2D eigenvalue weighted by Gasteiger charge is 2.33. The summed E-state index contributed by atoms with van der Waals surface area (Å²) in [6.45, 7) is 5.27. The lowest BCUT2D eigenvalue weighted by Gasteiger charge is -2.34. The van der Waals surface area contributed by atoms with Gasteiger partial charge in [0.15, 0.2) is 5.76 Å². The van der Waals surface area contributed by atoms with E-state index < -0.39 is 10.0 Å². The molecule has 23 heavy (non-hydrogen) atoms. The molecule has 0 saturated carbocycles. The van der Waals surface area contributed by atoms with E-state index in [2.05, 4.69) is 31.0 Å². The summed E-state index contributed by atoms with van der Waals surface area (Å²) in [4.78, 5) is 6.62. The Morgan fingerprint density at radius 3 is 2.39 bits per heavy atom. The molecule has 0 aliphatic carbocycles. The number of pyridine rings is 1. The zero-order chi connectivity index (χ0) is 16.6. The number of piperazine rings is 1. The quantitative estimate of drug-likeness (QED) is 0.783. The van der Waals surface area contributed by atoms with E-state index in [-0.39, 0.29) is 4.90 Å². The second-order valence-electron chi connectivity index (χ2n) is 5.38. The number of hydrogen-bond acceptors (Lipinski definition) is 6. The summed E-state index contributed by atoms with van der Waals surface area (Å²) < 4.78 is 32.9. The Hall–Kier alpha value is -1.45. The second kappa shape index (κ2) is 6.21. The van der Waals surface area contributed by atoms with E-state index in [0.29, 0.717) is 37.6 Å². The van der Waals surface area contributed by atoms with Crippen LogP contribution in [0.3, 0.4) is 0 Å². The predicted molar refractivity (Wildman–Crippen MR) is 88.9 cm³/mol. The van der Waals surface area contributed by atoms with Crippen molar-refractivity contribution >= 4 is 31.8 Å². The molecule has 0 spiro atoms. The summed E-state index contributed by atoms with van der Waals surface area (Å²) in [7, 11) is -3.57. The van der Waals surface area contributed by atoms with Gasteiger partial charge in [0, 0.05) is 36.8 Å². The van der Waals surface area contributed by atoms with Gasteiger partial charge in [-0.2, -0.15) is 4.31 Å². The highest BCUT2D eigenvalue weighted by Crippen LogP contribution is 2.25. The number of rotatable bonds is 3. The smallest absolute Gasteiger partial charge is 0.248 e. The van der Waals surface area contributed by atoms with Crippen LogP contribution in [0.15, 0.2) is 32.2 Å². The maximum atomic E-state index is 12.8. The molecule has 1 aliphatic rings. The van der Waals surface area contributed by atoms with E-state index in [4.69, 9.17) is 4.52 Å². The topological polar surface area (TPSA) is 79.5 Å². The van der Waals surface area contributed by atoms with Gasteiger partial charge in [-0.05, 0) is 41.9 Å². The molecule has 124 valence electrons. The number of halogens is 1. The Balaban J connectivity index is 1.75. The van der Waals surface area contributed by atoms with E-state index in [1.54, 1.807) is 20.0 Å². The van der Waals surface area contributed by atoms with Crippen molar-refractivity contribution in [1.82, 2.24) is 14.4 Å². The van der Waals surface area contributed by atoms with Crippen molar-refractivity contribution in [3.05, 3.63) is 34.3 Å². The number of hydrogen-bond donors (Lipinski definition) is 0. The molecule has 2 aromatic heterocycles. The van der Waals surface area contributed by atoms with Crippen molar-refractivity contribution in [1.29, 1.82) is 0 Å². The van der Waals surface area contributed by atoms with Crippen LogP contribution in [0.5, 0.6) is 0 Å². The Bertz CT molecular complexity index is 776. The van der Waals surface area contributed by atoms with Gasteiger partial charge in [-0.15, -0.1) is 0 Å². The van der Waals surface area contributed by atoms with Crippen molar-refractivity contribution in [2.45, 2.75) is 18.7 Å². The lowest BCUT2D eigenvalue weighted by atomic mass is 10.3. The molecule has 9 heteroatoms. The summed E-state index contributed by atoms with van der Waals surface area (Å²) in [6.07, 6.45) is 1.74. The monoisotopic (exact) mass is 400 g/mol. The highest BCUT2D eigenvalue weighted by molar-refractivity contribution is 9.10. The van der Waals surface area contributed by atoms with Crippen LogP contribution in [-0.2, 0) is 10.0 Å². The van der Waals surface area contributed by atoms with Crippen LogP contribution in [0.25, 0.3) is 0 Å². The molecule has 0 N–H and O–H groups in total. The SMILES string of the molecule is Cc1noc(C)c1S(=O)(=O)N1CCN(c2ccc(Br)cn2)CC1. The van der Waals surface area contributed by atoms with Crippen molar-refractivity contribution in [2.75, 3.05) is 31.1 Å². The molecule has 2 aromatic rings. The average molecular weight is 401 g/mol. The Morgan fingerprint density at radius 1 is 1.17 bits per heavy atom. The minimum absolute atomic E-state index is 0.188. The lowest BCUT2D eigenvalue weighted by Crippen LogP contribution is -2.49. The van der Waals surface area contributed by atoms with E-state index in [1.807, 2.05) is 12.1 Å². The van der Waals surface area contributed by atoms with Crippen molar-refractivity contribution in [3.63, 3.8) is 0 Å². The van der Waals surface area contributed by atoms with Crippen LogP contribution in [0, 0.1) is 13.8 Å². The lowest BCUT2D eigenvalue weighted by molar-refractivity contribution is 0.378. The molecule has 3 heterocycles. The maximum Gasteiger partial charge on any atom is 0.248 e. The number of nitrogens with zero attached hydrogens (tertiary/aromatic N) is 4. The van der Waals surface area contributed by atoms with Crippen LogP contribution < -0.4 is 4.90 Å². The molecular weight excluding hydrogens is 384 g/mol. The first-order chi connectivity index (χ1) is 10.9. The molecule has 0 aromatic carbocycles. The van der Waals surface area contributed by atoms with Crippen molar-refractivity contribution in [3.8, 4) is 0 Å². The number of sulfonamides is 1. The molecule has 0 unspecified atom stereocenters. The summed E-state index contributed by atoms with van der Waals surface area (Å²) in [5.74, 6) is 1.18. The molecular formula is C14H17BrN4O3S. The Labute approximate surface area is 143 Å². The molecule has 0 bridgehead atoms. The summed E-state index contributed by atoms with van der Waals surface area (Å²) in [5, 5.41) is 3.74. The van der Waals surface area contributed by atoms with Gasteiger partial charge in [-0.25, -0.2) is 13.4 Å². The minimum atomic E-state index is -3.57. The maximum absolute atomic E-state index is 12.8. The van der Waals surface area contributed by atoms with Gasteiger partial charge >= 0.3 is 0 Å². The third-order valence-electron chi connectivity index (χ3n) is 3.84. The van der Waals surface area contributed by atoms with Crippen LogP contribution in [0.1, 0.15) is 11.5 Å². The van der Waals surface area contributed by atoms with Crippen molar-refractivity contribution < 1.29 is 12.9 Å². The van der Waals surface area contributed by atoms with Crippen molar-refractivity contribution in [2.24, 2.45) is 0 Å². The zero-order valence-corrected chi connectivity index (χ0v) is 15.3. The van der Waals surface area contributed by atoms with E-state index >= 15 is 0 Å². The molecule has 1 saturated heterocycles. The van der Waals surface area contributed by atoms with Gasteiger partial charge in [0.2, 0.25) is 10.0 Å². The molecule has 0 amide bonds. The third-order valence-corrected chi connectivity index (χ3v) is 6.45. The molecule has 0 radical (unpaired) electrons. The normalized spacial score (nSPS) is 16.7. The Kier molecular flexibility index (Phi) is 4.43. The minimum Gasteiger partial charge on any atom is -0.360 e. The fourth-order valence-electron chi connectivity index (χ4n) is 2.68. The number of aryl methyl sites for hydroxylation is 2. The molecule has 7 nitrogen and oxygen atoms in total. The fourth-order valence-corrected chi connectivity index (χ4v) is 4.63. The largest absolute Gasteiger partial charge is 0.360 e.